The lowest BCUT2D eigenvalue weighted by atomic mass is 9.96. The number of methoxy groups -OCH3 is 2. The molecular formula is C29H27ClN2O7. The highest BCUT2D eigenvalue weighted by molar-refractivity contribution is 6.31. The van der Waals surface area contributed by atoms with Crippen LogP contribution in [0, 0.1) is 0 Å². The van der Waals surface area contributed by atoms with E-state index in [1.807, 2.05) is 0 Å². The van der Waals surface area contributed by atoms with Crippen molar-refractivity contribution >= 4 is 40.0 Å². The number of hydrogen-bond donors (Lipinski definition) is 2. The van der Waals surface area contributed by atoms with Crippen LogP contribution in [0.1, 0.15) is 45.8 Å². The largest absolute Gasteiger partial charge is 0.495 e. The Kier molecular flexibility index (Phi) is 8.32. The van der Waals surface area contributed by atoms with E-state index in [9.17, 15) is 24.3 Å². The van der Waals surface area contributed by atoms with Gasteiger partial charge < -0.3 is 24.1 Å². The van der Waals surface area contributed by atoms with Gasteiger partial charge in [-0.3, -0.25) is 14.4 Å². The summed E-state index contributed by atoms with van der Waals surface area (Å²) >= 11 is 6.19. The molecule has 39 heavy (non-hydrogen) atoms. The molecule has 0 saturated carbocycles. The molecule has 4 aromatic rings. The summed E-state index contributed by atoms with van der Waals surface area (Å²) in [5, 5.41) is 10.3. The van der Waals surface area contributed by atoms with Gasteiger partial charge in [-0.2, -0.15) is 0 Å². The summed E-state index contributed by atoms with van der Waals surface area (Å²) in [6, 6.07) is 12.0. The predicted molar refractivity (Wildman–Crippen MR) is 147 cm³/mol. The van der Waals surface area contributed by atoms with Crippen LogP contribution in [0.25, 0.3) is 22.0 Å². The number of aromatic amines is 1. The van der Waals surface area contributed by atoms with E-state index in [0.717, 1.165) is 0 Å². The van der Waals surface area contributed by atoms with Crippen molar-refractivity contribution < 1.29 is 29.0 Å². The van der Waals surface area contributed by atoms with Crippen LogP contribution in [-0.4, -0.2) is 53.0 Å². The number of nitrogens with one attached hydrogen (secondary N) is 1. The molecule has 0 bridgehead atoms. The molecule has 0 aliphatic rings. The number of benzene rings is 2. The molecule has 4 rings (SSSR count). The lowest BCUT2D eigenvalue weighted by Crippen LogP contribution is -2.31. The number of halogens is 1. The van der Waals surface area contributed by atoms with Crippen LogP contribution in [0.3, 0.4) is 0 Å². The fourth-order valence-corrected chi connectivity index (χ4v) is 4.77. The minimum absolute atomic E-state index is 0.0111. The van der Waals surface area contributed by atoms with E-state index in [4.69, 9.17) is 21.1 Å². The average Bonchev–Trinajstić information content (AvgIpc) is 3.33. The number of carbonyl (C=O) groups excluding carboxylic acids is 2. The van der Waals surface area contributed by atoms with Gasteiger partial charge in [0.1, 0.15) is 11.4 Å². The first-order valence-corrected chi connectivity index (χ1v) is 12.5. The second kappa shape index (κ2) is 11.7. The summed E-state index contributed by atoms with van der Waals surface area (Å²) in [6.07, 6.45) is 1.72. The Hall–Kier alpha value is -4.21. The van der Waals surface area contributed by atoms with Crippen LogP contribution in [0.2, 0.25) is 5.02 Å². The average molecular weight is 551 g/mol. The van der Waals surface area contributed by atoms with Crippen LogP contribution in [0.15, 0.2) is 59.5 Å². The molecule has 0 radical (unpaired) electrons. The van der Waals surface area contributed by atoms with E-state index in [0.29, 0.717) is 43.9 Å². The number of pyridine rings is 1. The van der Waals surface area contributed by atoms with Gasteiger partial charge in [0.2, 0.25) is 0 Å². The summed E-state index contributed by atoms with van der Waals surface area (Å²) in [7, 11) is 2.95. The maximum Gasteiger partial charge on any atom is 0.352 e. The van der Waals surface area contributed by atoms with E-state index in [2.05, 4.69) is 4.98 Å². The zero-order valence-electron chi connectivity index (χ0n) is 21.6. The Morgan fingerprint density at radius 1 is 1.05 bits per heavy atom. The molecule has 0 amide bonds. The van der Waals surface area contributed by atoms with E-state index in [1.54, 1.807) is 36.4 Å². The third kappa shape index (κ3) is 5.94. The number of carbonyl (C=O) groups is 3. The van der Waals surface area contributed by atoms with Crippen molar-refractivity contribution in [3.8, 4) is 16.9 Å². The number of ketones is 2. The quantitative estimate of drug-likeness (QED) is 0.253. The molecule has 10 heteroatoms. The molecule has 0 aliphatic carbocycles. The van der Waals surface area contributed by atoms with Crippen molar-refractivity contribution in [2.24, 2.45) is 0 Å². The molecule has 9 nitrogen and oxygen atoms in total. The number of nitrogens with zero attached hydrogens (tertiary/aromatic N) is 1. The Morgan fingerprint density at radius 3 is 2.49 bits per heavy atom. The van der Waals surface area contributed by atoms with Crippen LogP contribution in [-0.2, 0) is 16.0 Å². The highest BCUT2D eigenvalue weighted by Crippen LogP contribution is 2.34. The van der Waals surface area contributed by atoms with Gasteiger partial charge in [0.25, 0.3) is 5.56 Å². The minimum Gasteiger partial charge on any atom is -0.495 e. The van der Waals surface area contributed by atoms with Gasteiger partial charge in [-0.1, -0.05) is 17.7 Å². The first kappa shape index (κ1) is 27.8. The molecule has 2 N–H and O–H groups in total. The number of fused-ring (bicyclic) bond motifs is 1. The van der Waals surface area contributed by atoms with Crippen LogP contribution >= 0.6 is 11.6 Å². The third-order valence-electron chi connectivity index (χ3n) is 6.51. The first-order chi connectivity index (χ1) is 18.6. The SMILES string of the molecule is COCCC(C(=O)Cc1ccc2[nH]c(C(=O)O)cc2c1)n1cc(OC)c(-c2cc(Cl)ccc2C(C)=O)cc1=O. The topological polar surface area (TPSA) is 128 Å². The van der Waals surface area contributed by atoms with Crippen LogP contribution in [0.5, 0.6) is 5.75 Å². The number of carboxylic acids is 1. The van der Waals surface area contributed by atoms with Crippen molar-refractivity contribution in [1.82, 2.24) is 9.55 Å². The lowest BCUT2D eigenvalue weighted by molar-refractivity contribution is -0.122. The number of aromatic carboxylic acids is 1. The minimum atomic E-state index is -1.08. The number of H-pyrrole nitrogens is 1. The number of Topliss-reactive ketones (excluding diaryl/α,β-unsaturated/α-hetero) is 2. The second-order valence-electron chi connectivity index (χ2n) is 9.10. The molecule has 2 aromatic carbocycles. The predicted octanol–water partition coefficient (Wildman–Crippen LogP) is 4.95. The van der Waals surface area contributed by atoms with Gasteiger partial charge >= 0.3 is 5.97 Å². The van der Waals surface area contributed by atoms with Gasteiger partial charge in [-0.05, 0) is 60.9 Å². The number of hydrogen-bond acceptors (Lipinski definition) is 6. The second-order valence-corrected chi connectivity index (χ2v) is 9.53. The first-order valence-electron chi connectivity index (χ1n) is 12.1. The lowest BCUT2D eigenvalue weighted by Gasteiger charge is -2.21. The zero-order valence-corrected chi connectivity index (χ0v) is 22.4. The number of carboxylic acid groups (broad SMARTS) is 1. The van der Waals surface area contributed by atoms with Gasteiger partial charge in [0.05, 0.1) is 19.3 Å². The Balaban J connectivity index is 1.73. The molecule has 202 valence electrons. The molecule has 0 fully saturated rings. The molecule has 2 heterocycles. The van der Waals surface area contributed by atoms with Crippen molar-refractivity contribution in [1.29, 1.82) is 0 Å². The number of rotatable bonds is 11. The van der Waals surface area contributed by atoms with Gasteiger partial charge in [-0.15, -0.1) is 0 Å². The fraction of sp³-hybridized carbons (Fsp3) is 0.241. The van der Waals surface area contributed by atoms with Crippen molar-refractivity contribution in [3.63, 3.8) is 0 Å². The van der Waals surface area contributed by atoms with E-state index in [-0.39, 0.29) is 36.7 Å². The Morgan fingerprint density at radius 2 is 1.82 bits per heavy atom. The highest BCUT2D eigenvalue weighted by Gasteiger charge is 2.24. The molecule has 1 unspecified atom stereocenters. The summed E-state index contributed by atoms with van der Waals surface area (Å²) in [4.78, 5) is 53.3. The van der Waals surface area contributed by atoms with Crippen molar-refractivity contribution in [3.05, 3.63) is 86.9 Å². The molecule has 0 spiro atoms. The van der Waals surface area contributed by atoms with Gasteiger partial charge in [0.15, 0.2) is 11.6 Å². The molecule has 0 aliphatic heterocycles. The summed E-state index contributed by atoms with van der Waals surface area (Å²) < 4.78 is 12.1. The van der Waals surface area contributed by atoms with E-state index in [1.165, 1.54) is 44.0 Å². The standard InChI is InChI=1S/C29H27ClN2O7/c1-16(33)20-6-5-19(30)13-21(20)22-14-28(35)32(15-27(22)39-3)25(8-9-38-2)26(34)11-17-4-7-23-18(10-17)12-24(31-23)29(36)37/h4-7,10,12-15,25,31H,8-9,11H2,1-3H3,(H,36,37). The van der Waals surface area contributed by atoms with Crippen molar-refractivity contribution in [2.75, 3.05) is 20.8 Å². The monoisotopic (exact) mass is 550 g/mol. The molecular weight excluding hydrogens is 524 g/mol. The summed E-state index contributed by atoms with van der Waals surface area (Å²) in [5.41, 5.74) is 2.13. The Labute approximate surface area is 228 Å². The number of aromatic nitrogens is 2. The highest BCUT2D eigenvalue weighted by atomic mass is 35.5. The maximum atomic E-state index is 13.5. The normalized spacial score (nSPS) is 11.9. The summed E-state index contributed by atoms with van der Waals surface area (Å²) in [6.45, 7) is 1.65. The maximum absolute atomic E-state index is 13.5. The smallest absolute Gasteiger partial charge is 0.352 e. The molecule has 1 atom stereocenters. The number of ether oxygens (including phenoxy) is 2. The fourth-order valence-electron chi connectivity index (χ4n) is 4.60. The van der Waals surface area contributed by atoms with Crippen LogP contribution in [0.4, 0.5) is 0 Å². The summed E-state index contributed by atoms with van der Waals surface area (Å²) in [5.74, 6) is -1.21. The third-order valence-corrected chi connectivity index (χ3v) is 6.75. The van der Waals surface area contributed by atoms with E-state index >= 15 is 0 Å². The molecule has 2 aromatic heterocycles. The zero-order chi connectivity index (χ0) is 28.3. The van der Waals surface area contributed by atoms with Gasteiger partial charge in [0, 0.05) is 53.3 Å². The molecule has 0 saturated heterocycles. The van der Waals surface area contributed by atoms with E-state index < -0.39 is 17.6 Å². The van der Waals surface area contributed by atoms with Crippen LogP contribution < -0.4 is 10.3 Å². The Bertz CT molecular complexity index is 1640. The van der Waals surface area contributed by atoms with Gasteiger partial charge in [-0.25, -0.2) is 4.79 Å². The van der Waals surface area contributed by atoms with Crippen molar-refractivity contribution in [2.45, 2.75) is 25.8 Å².